The van der Waals surface area contributed by atoms with Crippen LogP contribution in [0.3, 0.4) is 0 Å². The van der Waals surface area contributed by atoms with Gasteiger partial charge in [0.15, 0.2) is 0 Å². The molecule has 0 amide bonds. The van der Waals surface area contributed by atoms with E-state index in [-0.39, 0.29) is 5.56 Å². The van der Waals surface area contributed by atoms with E-state index in [4.69, 9.17) is 0 Å². The lowest BCUT2D eigenvalue weighted by Gasteiger charge is -2.24. The van der Waals surface area contributed by atoms with Crippen LogP contribution in [0.2, 0.25) is 0 Å². The Bertz CT molecular complexity index is 428. The van der Waals surface area contributed by atoms with E-state index in [1.807, 2.05) is 22.6 Å². The average molecular weight is 348 g/mol. The van der Waals surface area contributed by atoms with Crippen molar-refractivity contribution < 1.29 is 0 Å². The first-order valence-corrected chi connectivity index (χ1v) is 6.97. The topological polar surface area (TPSA) is 61.0 Å². The molecule has 0 aliphatic carbocycles. The van der Waals surface area contributed by atoms with Gasteiger partial charge in [0.1, 0.15) is 9.39 Å². The summed E-state index contributed by atoms with van der Waals surface area (Å²) in [4.78, 5) is 20.6. The maximum absolute atomic E-state index is 11.4. The van der Waals surface area contributed by atoms with E-state index in [0.717, 1.165) is 6.54 Å². The highest BCUT2D eigenvalue weighted by molar-refractivity contribution is 14.1. The number of nitrogens with zero attached hydrogens (tertiary/aromatic N) is 2. The molecule has 94 valence electrons. The first-order chi connectivity index (χ1) is 8.18. The van der Waals surface area contributed by atoms with Crippen LogP contribution in [0.1, 0.15) is 19.8 Å². The first-order valence-electron chi connectivity index (χ1n) is 5.89. The largest absolute Gasteiger partial charge is 0.367 e. The lowest BCUT2D eigenvalue weighted by molar-refractivity contribution is 0.269. The Morgan fingerprint density at radius 2 is 2.29 bits per heavy atom. The van der Waals surface area contributed by atoms with Crippen LogP contribution in [0.5, 0.6) is 0 Å². The summed E-state index contributed by atoms with van der Waals surface area (Å²) in [6.45, 7) is 5.40. The van der Waals surface area contributed by atoms with E-state index in [1.165, 1.54) is 32.3 Å². The van der Waals surface area contributed by atoms with Crippen molar-refractivity contribution in [3.05, 3.63) is 20.3 Å². The van der Waals surface area contributed by atoms with Crippen LogP contribution in [-0.4, -0.2) is 40.5 Å². The molecule has 2 rings (SSSR count). The van der Waals surface area contributed by atoms with Crippen molar-refractivity contribution in [1.82, 2.24) is 14.9 Å². The van der Waals surface area contributed by atoms with Gasteiger partial charge >= 0.3 is 0 Å². The molecule has 1 atom stereocenters. The van der Waals surface area contributed by atoms with Crippen LogP contribution < -0.4 is 10.9 Å². The zero-order valence-electron chi connectivity index (χ0n) is 9.87. The van der Waals surface area contributed by atoms with Crippen LogP contribution >= 0.6 is 22.6 Å². The van der Waals surface area contributed by atoms with Crippen molar-refractivity contribution in [2.24, 2.45) is 0 Å². The predicted octanol–water partition coefficient (Wildman–Crippen LogP) is 1.27. The molecule has 1 aromatic heterocycles. The van der Waals surface area contributed by atoms with Gasteiger partial charge in [0, 0.05) is 12.6 Å². The minimum atomic E-state index is -0.0862. The molecule has 0 bridgehead atoms. The molecule has 0 saturated carbocycles. The van der Waals surface area contributed by atoms with Crippen LogP contribution in [0, 0.1) is 3.57 Å². The van der Waals surface area contributed by atoms with Crippen molar-refractivity contribution in [3.63, 3.8) is 0 Å². The van der Waals surface area contributed by atoms with Gasteiger partial charge < -0.3 is 10.3 Å². The number of halogens is 1. The van der Waals surface area contributed by atoms with E-state index in [9.17, 15) is 4.79 Å². The number of aromatic amines is 1. The Morgan fingerprint density at radius 1 is 1.59 bits per heavy atom. The minimum absolute atomic E-state index is 0.0862. The first kappa shape index (κ1) is 12.8. The van der Waals surface area contributed by atoms with Crippen molar-refractivity contribution >= 4 is 28.4 Å². The number of hydrogen-bond donors (Lipinski definition) is 2. The number of nitrogens with one attached hydrogen (secondary N) is 2. The highest BCUT2D eigenvalue weighted by Crippen LogP contribution is 2.13. The van der Waals surface area contributed by atoms with Gasteiger partial charge in [-0.15, -0.1) is 0 Å². The monoisotopic (exact) mass is 348 g/mol. The van der Waals surface area contributed by atoms with Crippen molar-refractivity contribution in [1.29, 1.82) is 0 Å². The second-order valence-electron chi connectivity index (χ2n) is 4.37. The maximum Gasteiger partial charge on any atom is 0.266 e. The molecule has 1 unspecified atom stereocenters. The molecule has 1 aliphatic heterocycles. The number of H-pyrrole nitrogens is 1. The summed E-state index contributed by atoms with van der Waals surface area (Å²) >= 11 is 2.02. The summed E-state index contributed by atoms with van der Waals surface area (Å²) in [6.07, 6.45) is 4.03. The Hall–Kier alpha value is -0.630. The standard InChI is InChI=1S/C11H17IN4O/c1-8(16-4-2-3-5-16)6-13-10-9(12)11(17)15-7-14-10/h7-8H,2-6H2,1H3,(H2,13,14,15,17). The molecule has 1 aromatic rings. The molecule has 0 spiro atoms. The fourth-order valence-corrected chi connectivity index (χ4v) is 2.55. The van der Waals surface area contributed by atoms with E-state index >= 15 is 0 Å². The predicted molar refractivity (Wildman–Crippen MR) is 76.3 cm³/mol. The third-order valence-corrected chi connectivity index (χ3v) is 4.13. The highest BCUT2D eigenvalue weighted by atomic mass is 127. The molecule has 5 nitrogen and oxygen atoms in total. The Kier molecular flexibility index (Phi) is 4.38. The second kappa shape index (κ2) is 5.81. The van der Waals surface area contributed by atoms with Gasteiger partial charge in [-0.25, -0.2) is 4.98 Å². The average Bonchev–Trinajstić information content (AvgIpc) is 2.84. The lowest BCUT2D eigenvalue weighted by atomic mass is 10.3. The SMILES string of the molecule is CC(CNc1nc[nH]c(=O)c1I)N1CCCC1. The molecular weight excluding hydrogens is 331 g/mol. The Balaban J connectivity index is 1.93. The third-order valence-electron chi connectivity index (χ3n) is 3.13. The van der Waals surface area contributed by atoms with Crippen LogP contribution in [0.25, 0.3) is 0 Å². The van der Waals surface area contributed by atoms with Crippen LogP contribution in [-0.2, 0) is 0 Å². The number of rotatable bonds is 4. The van der Waals surface area contributed by atoms with Gasteiger partial charge in [0.2, 0.25) is 0 Å². The van der Waals surface area contributed by atoms with Gasteiger partial charge in [0.05, 0.1) is 6.33 Å². The van der Waals surface area contributed by atoms with Gasteiger partial charge in [0.25, 0.3) is 5.56 Å². The smallest absolute Gasteiger partial charge is 0.266 e. The van der Waals surface area contributed by atoms with Gasteiger partial charge in [-0.05, 0) is 55.4 Å². The van der Waals surface area contributed by atoms with Crippen molar-refractivity contribution in [2.75, 3.05) is 25.0 Å². The molecule has 0 aromatic carbocycles. The van der Waals surface area contributed by atoms with E-state index in [0.29, 0.717) is 15.4 Å². The minimum Gasteiger partial charge on any atom is -0.367 e. The van der Waals surface area contributed by atoms with Gasteiger partial charge in [-0.3, -0.25) is 9.69 Å². The molecule has 0 radical (unpaired) electrons. The lowest BCUT2D eigenvalue weighted by Crippen LogP contribution is -2.36. The number of likely N-dealkylation sites (tertiary alicyclic amines) is 1. The van der Waals surface area contributed by atoms with Crippen LogP contribution in [0.15, 0.2) is 11.1 Å². The molecule has 6 heteroatoms. The van der Waals surface area contributed by atoms with E-state index < -0.39 is 0 Å². The summed E-state index contributed by atoms with van der Waals surface area (Å²) in [6, 6.07) is 0.481. The number of anilines is 1. The fourth-order valence-electron chi connectivity index (χ4n) is 2.06. The number of aromatic nitrogens is 2. The van der Waals surface area contributed by atoms with E-state index in [1.54, 1.807) is 0 Å². The zero-order valence-corrected chi connectivity index (χ0v) is 12.0. The number of hydrogen-bond acceptors (Lipinski definition) is 4. The molecule has 1 saturated heterocycles. The Morgan fingerprint density at radius 3 is 3.00 bits per heavy atom. The van der Waals surface area contributed by atoms with Crippen molar-refractivity contribution in [3.8, 4) is 0 Å². The molecule has 1 aliphatic rings. The summed E-state index contributed by atoms with van der Waals surface area (Å²) in [7, 11) is 0. The van der Waals surface area contributed by atoms with Crippen LogP contribution in [0.4, 0.5) is 5.82 Å². The molecule has 1 fully saturated rings. The molecular formula is C11H17IN4O. The molecule has 2 heterocycles. The highest BCUT2D eigenvalue weighted by Gasteiger charge is 2.18. The van der Waals surface area contributed by atoms with Gasteiger partial charge in [-0.2, -0.15) is 0 Å². The maximum atomic E-state index is 11.4. The normalized spacial score (nSPS) is 18.2. The summed E-state index contributed by atoms with van der Waals surface area (Å²) in [5.41, 5.74) is -0.0862. The Labute approximate surface area is 114 Å². The van der Waals surface area contributed by atoms with Gasteiger partial charge in [-0.1, -0.05) is 0 Å². The zero-order chi connectivity index (χ0) is 12.3. The quantitative estimate of drug-likeness (QED) is 0.805. The summed E-state index contributed by atoms with van der Waals surface area (Å²) in [5, 5.41) is 3.25. The van der Waals surface area contributed by atoms with E-state index in [2.05, 4.69) is 27.1 Å². The molecule has 2 N–H and O–H groups in total. The fraction of sp³-hybridized carbons (Fsp3) is 0.636. The molecule has 17 heavy (non-hydrogen) atoms. The second-order valence-corrected chi connectivity index (χ2v) is 5.45. The third kappa shape index (κ3) is 3.19. The van der Waals surface area contributed by atoms with Crippen molar-refractivity contribution in [2.45, 2.75) is 25.8 Å². The summed E-state index contributed by atoms with van der Waals surface area (Å²) < 4.78 is 0.624. The summed E-state index contributed by atoms with van der Waals surface area (Å²) in [5.74, 6) is 0.681.